The Morgan fingerprint density at radius 1 is 1.58 bits per heavy atom. The Hall–Kier alpha value is -1.86. The van der Waals surface area contributed by atoms with Crippen molar-refractivity contribution in [2.24, 2.45) is 5.84 Å². The van der Waals surface area contributed by atoms with Gasteiger partial charge in [0.15, 0.2) is 0 Å². The van der Waals surface area contributed by atoms with Gasteiger partial charge in [0.25, 0.3) is 0 Å². The first kappa shape index (κ1) is 8.24. The summed E-state index contributed by atoms with van der Waals surface area (Å²) in [5, 5.41) is 8.24. The Bertz CT molecular complexity index is 307. The molecule has 0 bridgehead atoms. The molecule has 0 spiro atoms. The predicted molar refractivity (Wildman–Crippen MR) is 46.7 cm³/mol. The summed E-state index contributed by atoms with van der Waals surface area (Å²) in [6.45, 7) is 0. The molecule has 1 rings (SSSR count). The minimum absolute atomic E-state index is 0.601. The lowest BCUT2D eigenvalue weighted by Gasteiger charge is -1.97. The number of hydrogen-bond acceptors (Lipinski definition) is 4. The molecule has 1 aromatic rings. The molecule has 1 aromatic heterocycles. The molecule has 0 fully saturated rings. The molecule has 0 aliphatic heterocycles. The van der Waals surface area contributed by atoms with Crippen LogP contribution in [0.1, 0.15) is 5.56 Å². The summed E-state index contributed by atoms with van der Waals surface area (Å²) in [5.74, 6) is 5.72. The Balaban J connectivity index is 2.79. The summed E-state index contributed by atoms with van der Waals surface area (Å²) in [6.07, 6.45) is 4.70. The third-order valence-corrected chi connectivity index (χ3v) is 1.28. The first-order chi connectivity index (χ1) is 5.86. The van der Waals surface area contributed by atoms with E-state index >= 15 is 0 Å². The second-order valence-corrected chi connectivity index (χ2v) is 2.08. The van der Waals surface area contributed by atoms with E-state index in [9.17, 15) is 0 Å². The van der Waals surface area contributed by atoms with Gasteiger partial charge >= 0.3 is 0 Å². The van der Waals surface area contributed by atoms with Crippen LogP contribution in [0, 0.1) is 11.3 Å². The smallest absolute Gasteiger partial charge is 0.139 e. The number of allylic oxidation sites excluding steroid dienone is 1. The molecule has 0 atom stereocenters. The van der Waals surface area contributed by atoms with Crippen LogP contribution in [-0.4, -0.2) is 4.98 Å². The number of nitriles is 1. The molecule has 1 heterocycles. The Labute approximate surface area is 70.3 Å². The predicted octanol–water partition coefficient (Wildman–Crippen LogP) is 0.904. The molecule has 60 valence electrons. The molecule has 0 saturated heterocycles. The summed E-state index contributed by atoms with van der Waals surface area (Å²) in [5.41, 5.74) is 3.28. The molecule has 0 saturated carbocycles. The van der Waals surface area contributed by atoms with Crippen LogP contribution in [0.4, 0.5) is 5.82 Å². The van der Waals surface area contributed by atoms with E-state index < -0.39 is 0 Å². The van der Waals surface area contributed by atoms with Crippen LogP contribution in [0.3, 0.4) is 0 Å². The number of pyridine rings is 1. The van der Waals surface area contributed by atoms with E-state index in [0.717, 1.165) is 5.56 Å². The maximum atomic E-state index is 8.24. The van der Waals surface area contributed by atoms with Gasteiger partial charge in [0, 0.05) is 12.3 Å². The molecule has 3 N–H and O–H groups in total. The maximum absolute atomic E-state index is 8.24. The van der Waals surface area contributed by atoms with Crippen LogP contribution in [0.15, 0.2) is 24.4 Å². The first-order valence-corrected chi connectivity index (χ1v) is 3.35. The lowest BCUT2D eigenvalue weighted by atomic mass is 10.2. The summed E-state index contributed by atoms with van der Waals surface area (Å²) >= 11 is 0. The third-order valence-electron chi connectivity index (χ3n) is 1.28. The van der Waals surface area contributed by atoms with Gasteiger partial charge in [0.05, 0.1) is 6.07 Å². The number of hydrazine groups is 1. The van der Waals surface area contributed by atoms with Crippen molar-refractivity contribution in [3.05, 3.63) is 30.0 Å². The van der Waals surface area contributed by atoms with Crippen molar-refractivity contribution in [1.82, 2.24) is 4.98 Å². The topological polar surface area (TPSA) is 74.7 Å². The van der Waals surface area contributed by atoms with Crippen LogP contribution in [0.2, 0.25) is 0 Å². The number of nitrogen functional groups attached to an aromatic ring is 1. The van der Waals surface area contributed by atoms with Gasteiger partial charge in [-0.2, -0.15) is 5.26 Å². The molecule has 4 nitrogen and oxygen atoms in total. The van der Waals surface area contributed by atoms with Gasteiger partial charge in [0.2, 0.25) is 0 Å². The molecule has 0 aliphatic carbocycles. The minimum atomic E-state index is 0.601. The Morgan fingerprint density at radius 2 is 2.42 bits per heavy atom. The molecule has 0 amide bonds. The van der Waals surface area contributed by atoms with E-state index in [4.69, 9.17) is 11.1 Å². The number of nitrogens with one attached hydrogen (secondary N) is 1. The standard InChI is InChI=1S/C8H8N4/c9-5-1-2-7-3-4-8(12-10)11-6-7/h1-4,6H,10H2,(H,11,12). The fourth-order valence-electron chi connectivity index (χ4n) is 0.723. The number of anilines is 1. The van der Waals surface area contributed by atoms with E-state index in [2.05, 4.69) is 10.4 Å². The molecular weight excluding hydrogens is 152 g/mol. The van der Waals surface area contributed by atoms with Crippen LogP contribution in [0.25, 0.3) is 6.08 Å². The Kier molecular flexibility index (Phi) is 2.82. The van der Waals surface area contributed by atoms with Crippen LogP contribution in [0.5, 0.6) is 0 Å². The molecule has 4 heteroatoms. The van der Waals surface area contributed by atoms with Gasteiger partial charge in [-0.15, -0.1) is 0 Å². The lowest BCUT2D eigenvalue weighted by Crippen LogP contribution is -2.07. The van der Waals surface area contributed by atoms with Gasteiger partial charge in [0.1, 0.15) is 5.82 Å². The van der Waals surface area contributed by atoms with E-state index in [-0.39, 0.29) is 0 Å². The fraction of sp³-hybridized carbons (Fsp3) is 0. The van der Waals surface area contributed by atoms with Crippen molar-refractivity contribution in [3.8, 4) is 6.07 Å². The van der Waals surface area contributed by atoms with Crippen molar-refractivity contribution in [1.29, 1.82) is 5.26 Å². The van der Waals surface area contributed by atoms with Crippen molar-refractivity contribution in [2.45, 2.75) is 0 Å². The largest absolute Gasteiger partial charge is 0.308 e. The van der Waals surface area contributed by atoms with Gasteiger partial charge in [-0.1, -0.05) is 0 Å². The molecule has 0 aliphatic rings. The minimum Gasteiger partial charge on any atom is -0.308 e. The average Bonchev–Trinajstić information content (AvgIpc) is 2.15. The van der Waals surface area contributed by atoms with E-state index in [0.29, 0.717) is 5.82 Å². The number of nitrogens with zero attached hydrogens (tertiary/aromatic N) is 2. The van der Waals surface area contributed by atoms with E-state index in [1.165, 1.54) is 6.08 Å². The maximum Gasteiger partial charge on any atom is 0.139 e. The highest BCUT2D eigenvalue weighted by molar-refractivity contribution is 5.52. The quantitative estimate of drug-likeness (QED) is 0.383. The van der Waals surface area contributed by atoms with Crippen molar-refractivity contribution >= 4 is 11.9 Å². The number of aromatic nitrogens is 1. The number of hydrogen-bond donors (Lipinski definition) is 2. The van der Waals surface area contributed by atoms with E-state index in [1.807, 2.05) is 12.1 Å². The van der Waals surface area contributed by atoms with Crippen molar-refractivity contribution in [2.75, 3.05) is 5.43 Å². The summed E-state index contributed by atoms with van der Waals surface area (Å²) in [7, 11) is 0. The highest BCUT2D eigenvalue weighted by atomic mass is 15.2. The SMILES string of the molecule is N#CC=Cc1ccc(NN)nc1. The molecule has 0 radical (unpaired) electrons. The summed E-state index contributed by atoms with van der Waals surface area (Å²) < 4.78 is 0. The van der Waals surface area contributed by atoms with Crippen LogP contribution >= 0.6 is 0 Å². The molecule has 0 unspecified atom stereocenters. The van der Waals surface area contributed by atoms with Gasteiger partial charge < -0.3 is 5.43 Å². The normalized spacial score (nSPS) is 9.67. The monoisotopic (exact) mass is 160 g/mol. The third kappa shape index (κ3) is 2.08. The zero-order chi connectivity index (χ0) is 8.81. The second kappa shape index (κ2) is 4.11. The van der Waals surface area contributed by atoms with E-state index in [1.54, 1.807) is 18.3 Å². The molecular formula is C8H8N4. The van der Waals surface area contributed by atoms with Crippen LogP contribution < -0.4 is 11.3 Å². The molecule has 0 aromatic carbocycles. The van der Waals surface area contributed by atoms with Gasteiger partial charge in [-0.25, -0.2) is 10.8 Å². The number of rotatable bonds is 2. The highest BCUT2D eigenvalue weighted by Gasteiger charge is 1.88. The number of nitrogens with two attached hydrogens (primary N) is 1. The second-order valence-electron chi connectivity index (χ2n) is 2.08. The zero-order valence-corrected chi connectivity index (χ0v) is 6.36. The lowest BCUT2D eigenvalue weighted by molar-refractivity contribution is 1.22. The Morgan fingerprint density at radius 3 is 2.92 bits per heavy atom. The average molecular weight is 160 g/mol. The van der Waals surface area contributed by atoms with Crippen molar-refractivity contribution in [3.63, 3.8) is 0 Å². The van der Waals surface area contributed by atoms with Crippen LogP contribution in [-0.2, 0) is 0 Å². The molecule has 12 heavy (non-hydrogen) atoms. The summed E-state index contributed by atoms with van der Waals surface area (Å²) in [6, 6.07) is 5.44. The zero-order valence-electron chi connectivity index (χ0n) is 6.36. The van der Waals surface area contributed by atoms with Gasteiger partial charge in [-0.05, 0) is 23.8 Å². The first-order valence-electron chi connectivity index (χ1n) is 3.35. The van der Waals surface area contributed by atoms with Gasteiger partial charge in [-0.3, -0.25) is 0 Å². The summed E-state index contributed by atoms with van der Waals surface area (Å²) in [4.78, 5) is 3.95. The van der Waals surface area contributed by atoms with Crippen molar-refractivity contribution < 1.29 is 0 Å². The fourth-order valence-corrected chi connectivity index (χ4v) is 0.723. The highest BCUT2D eigenvalue weighted by Crippen LogP contribution is 2.04.